The van der Waals surface area contributed by atoms with E-state index in [1.165, 1.54) is 6.07 Å². The minimum atomic E-state index is -1.12. The molecule has 4 N–H and O–H groups in total. The second-order valence-corrected chi connectivity index (χ2v) is 2.05. The molecule has 0 saturated carbocycles. The Morgan fingerprint density at radius 2 is 2.33 bits per heavy atom. The average molecular weight is 168 g/mol. The van der Waals surface area contributed by atoms with Crippen LogP contribution in [0.5, 0.6) is 0 Å². The summed E-state index contributed by atoms with van der Waals surface area (Å²) >= 11 is 0. The molecule has 0 aliphatic heterocycles. The number of nitrogen functional groups attached to an aromatic ring is 1. The van der Waals surface area contributed by atoms with Crippen LogP contribution in [0.15, 0.2) is 6.07 Å². The summed E-state index contributed by atoms with van der Waals surface area (Å²) in [5.74, 6) is -0.792. The third-order valence-corrected chi connectivity index (χ3v) is 1.22. The van der Waals surface area contributed by atoms with Crippen LogP contribution >= 0.6 is 0 Å². The van der Waals surface area contributed by atoms with Gasteiger partial charge in [-0.1, -0.05) is 0 Å². The van der Waals surface area contributed by atoms with Crippen LogP contribution in [-0.4, -0.2) is 28.1 Å². The minimum absolute atomic E-state index is 0.0562. The second kappa shape index (κ2) is 3.04. The second-order valence-electron chi connectivity index (χ2n) is 2.05. The van der Waals surface area contributed by atoms with Gasteiger partial charge in [-0.2, -0.15) is 4.98 Å². The van der Waals surface area contributed by atoms with Crippen LogP contribution in [0.4, 0.5) is 11.8 Å². The molecule has 0 saturated heterocycles. The van der Waals surface area contributed by atoms with Gasteiger partial charge >= 0.3 is 5.97 Å². The number of hydrogen-bond donors (Lipinski definition) is 3. The Bertz CT molecular complexity index is 312. The number of aromatic nitrogens is 2. The van der Waals surface area contributed by atoms with Crippen molar-refractivity contribution in [3.05, 3.63) is 11.8 Å². The highest BCUT2D eigenvalue weighted by atomic mass is 16.4. The Hall–Kier alpha value is -1.85. The summed E-state index contributed by atoms with van der Waals surface area (Å²) in [6.45, 7) is 0. The van der Waals surface area contributed by atoms with Gasteiger partial charge in [-0.25, -0.2) is 9.78 Å². The third kappa shape index (κ3) is 1.60. The molecule has 6 nitrogen and oxygen atoms in total. The van der Waals surface area contributed by atoms with Crippen LogP contribution in [0.1, 0.15) is 10.5 Å². The fourth-order valence-corrected chi connectivity index (χ4v) is 0.704. The molecular formula is C6H8N4O2. The molecule has 1 heterocycles. The molecule has 12 heavy (non-hydrogen) atoms. The zero-order valence-corrected chi connectivity index (χ0v) is 6.40. The molecule has 1 rings (SSSR count). The molecule has 0 aliphatic rings. The van der Waals surface area contributed by atoms with Crippen LogP contribution in [-0.2, 0) is 0 Å². The summed E-state index contributed by atoms with van der Waals surface area (Å²) in [6, 6.07) is 1.30. The first-order valence-electron chi connectivity index (χ1n) is 3.19. The van der Waals surface area contributed by atoms with E-state index < -0.39 is 5.97 Å². The fourth-order valence-electron chi connectivity index (χ4n) is 0.704. The number of hydrogen-bond acceptors (Lipinski definition) is 5. The van der Waals surface area contributed by atoms with Gasteiger partial charge in [0.05, 0.1) is 0 Å². The normalized spacial score (nSPS) is 9.42. The summed E-state index contributed by atoms with van der Waals surface area (Å²) < 4.78 is 0. The van der Waals surface area contributed by atoms with E-state index in [4.69, 9.17) is 10.8 Å². The third-order valence-electron chi connectivity index (χ3n) is 1.22. The summed E-state index contributed by atoms with van der Waals surface area (Å²) in [5, 5.41) is 11.2. The summed E-state index contributed by atoms with van der Waals surface area (Å²) in [7, 11) is 1.62. The molecule has 0 atom stereocenters. The molecule has 0 fully saturated rings. The maximum Gasteiger partial charge on any atom is 0.354 e. The van der Waals surface area contributed by atoms with Gasteiger partial charge in [-0.05, 0) is 0 Å². The van der Waals surface area contributed by atoms with Crippen molar-refractivity contribution >= 4 is 17.7 Å². The molecule has 1 aromatic heterocycles. The number of nitrogens with two attached hydrogens (primary N) is 1. The van der Waals surface area contributed by atoms with Crippen molar-refractivity contribution in [2.24, 2.45) is 0 Å². The highest BCUT2D eigenvalue weighted by Gasteiger charge is 2.07. The summed E-state index contributed by atoms with van der Waals surface area (Å²) in [5.41, 5.74) is 5.13. The van der Waals surface area contributed by atoms with Crippen LogP contribution in [0.25, 0.3) is 0 Å². The summed E-state index contributed by atoms with van der Waals surface area (Å²) in [4.78, 5) is 17.7. The number of anilines is 2. The van der Waals surface area contributed by atoms with E-state index in [1.54, 1.807) is 7.05 Å². The lowest BCUT2D eigenvalue weighted by atomic mass is 10.4. The number of nitrogens with zero attached hydrogens (tertiary/aromatic N) is 2. The van der Waals surface area contributed by atoms with E-state index in [0.29, 0.717) is 5.82 Å². The van der Waals surface area contributed by atoms with Gasteiger partial charge < -0.3 is 16.2 Å². The number of carboxylic acid groups (broad SMARTS) is 1. The quantitative estimate of drug-likeness (QED) is 0.565. The van der Waals surface area contributed by atoms with Crippen molar-refractivity contribution in [1.29, 1.82) is 0 Å². The standard InChI is InChI=1S/C6H8N4O2/c1-8-4-2-3(5(11)12)9-6(7)10-4/h2H,1H3,(H,11,12)(H3,7,8,9,10). The summed E-state index contributed by atoms with van der Waals surface area (Å²) in [6.07, 6.45) is 0. The first kappa shape index (κ1) is 8.25. The minimum Gasteiger partial charge on any atom is -0.477 e. The predicted octanol–water partition coefficient (Wildman–Crippen LogP) is -0.201. The lowest BCUT2D eigenvalue weighted by Crippen LogP contribution is -2.07. The van der Waals surface area contributed by atoms with Gasteiger partial charge in [-0.3, -0.25) is 0 Å². The van der Waals surface area contributed by atoms with E-state index >= 15 is 0 Å². The zero-order chi connectivity index (χ0) is 9.14. The van der Waals surface area contributed by atoms with Crippen molar-refractivity contribution < 1.29 is 9.90 Å². The molecule has 0 bridgehead atoms. The van der Waals surface area contributed by atoms with Crippen LogP contribution in [0, 0.1) is 0 Å². The predicted molar refractivity (Wildman–Crippen MR) is 43.0 cm³/mol. The maximum absolute atomic E-state index is 10.4. The van der Waals surface area contributed by atoms with Gasteiger partial charge in [-0.15, -0.1) is 0 Å². The van der Waals surface area contributed by atoms with Crippen molar-refractivity contribution in [2.75, 3.05) is 18.1 Å². The molecule has 0 unspecified atom stereocenters. The van der Waals surface area contributed by atoms with Gasteiger partial charge in [0, 0.05) is 13.1 Å². The maximum atomic E-state index is 10.4. The smallest absolute Gasteiger partial charge is 0.354 e. The van der Waals surface area contributed by atoms with Crippen molar-refractivity contribution in [3.63, 3.8) is 0 Å². The Balaban J connectivity index is 3.15. The SMILES string of the molecule is CNc1cc(C(=O)O)nc(N)n1. The van der Waals surface area contributed by atoms with Crippen molar-refractivity contribution in [3.8, 4) is 0 Å². The molecule has 64 valence electrons. The number of carbonyl (C=O) groups is 1. The topological polar surface area (TPSA) is 101 Å². The van der Waals surface area contributed by atoms with Crippen LogP contribution < -0.4 is 11.1 Å². The van der Waals surface area contributed by atoms with Crippen molar-refractivity contribution in [2.45, 2.75) is 0 Å². The average Bonchev–Trinajstić information content (AvgIpc) is 2.03. The van der Waals surface area contributed by atoms with Gasteiger partial charge in [0.2, 0.25) is 5.95 Å². The molecular weight excluding hydrogens is 160 g/mol. The van der Waals surface area contributed by atoms with E-state index in [9.17, 15) is 4.79 Å². The van der Waals surface area contributed by atoms with E-state index in [2.05, 4.69) is 15.3 Å². The first-order chi connectivity index (χ1) is 5.63. The lowest BCUT2D eigenvalue weighted by molar-refractivity contribution is 0.0690. The largest absolute Gasteiger partial charge is 0.477 e. The van der Waals surface area contributed by atoms with Crippen LogP contribution in [0.3, 0.4) is 0 Å². The Kier molecular flexibility index (Phi) is 2.09. The first-order valence-corrected chi connectivity index (χ1v) is 3.19. The van der Waals surface area contributed by atoms with E-state index in [0.717, 1.165) is 0 Å². The van der Waals surface area contributed by atoms with E-state index in [-0.39, 0.29) is 11.6 Å². The van der Waals surface area contributed by atoms with Crippen LogP contribution in [0.2, 0.25) is 0 Å². The molecule has 0 aliphatic carbocycles. The molecule has 1 aromatic rings. The highest BCUT2D eigenvalue weighted by molar-refractivity contribution is 5.86. The van der Waals surface area contributed by atoms with Crippen molar-refractivity contribution in [1.82, 2.24) is 9.97 Å². The highest BCUT2D eigenvalue weighted by Crippen LogP contribution is 2.06. The monoisotopic (exact) mass is 168 g/mol. The zero-order valence-electron chi connectivity index (χ0n) is 6.40. The lowest BCUT2D eigenvalue weighted by Gasteiger charge is -2.00. The number of aromatic carboxylic acids is 1. The van der Waals surface area contributed by atoms with Gasteiger partial charge in [0.1, 0.15) is 5.82 Å². The molecule has 0 spiro atoms. The van der Waals surface area contributed by atoms with Gasteiger partial charge in [0.15, 0.2) is 5.69 Å². The number of carboxylic acids is 1. The molecule has 0 aromatic carbocycles. The Labute approximate surface area is 68.4 Å². The molecule has 6 heteroatoms. The number of rotatable bonds is 2. The molecule has 0 radical (unpaired) electrons. The Morgan fingerprint density at radius 3 is 2.83 bits per heavy atom. The molecule has 0 amide bonds. The fraction of sp³-hybridized carbons (Fsp3) is 0.167. The van der Waals surface area contributed by atoms with E-state index in [1.807, 2.05) is 0 Å². The Morgan fingerprint density at radius 1 is 1.67 bits per heavy atom. The van der Waals surface area contributed by atoms with Gasteiger partial charge in [0.25, 0.3) is 0 Å². The number of nitrogens with one attached hydrogen (secondary N) is 1.